The summed E-state index contributed by atoms with van der Waals surface area (Å²) in [7, 11) is 1.70. The molecule has 4 nitrogen and oxygen atoms in total. The van der Waals surface area contributed by atoms with Crippen molar-refractivity contribution in [3.8, 4) is 0 Å². The van der Waals surface area contributed by atoms with Crippen LogP contribution in [0.4, 0.5) is 0 Å². The Morgan fingerprint density at radius 2 is 2.28 bits per heavy atom. The summed E-state index contributed by atoms with van der Waals surface area (Å²) < 4.78 is 0. The molecular weight excluding hydrogens is 266 g/mol. The first kappa shape index (κ1) is 13.3. The van der Waals surface area contributed by atoms with Crippen molar-refractivity contribution < 1.29 is 4.79 Å². The lowest BCUT2D eigenvalue weighted by Gasteiger charge is -2.19. The molecule has 1 heterocycles. The molecule has 0 aliphatic heterocycles. The van der Waals surface area contributed by atoms with Crippen molar-refractivity contribution in [2.75, 3.05) is 7.05 Å². The van der Waals surface area contributed by atoms with Crippen LogP contribution in [0.25, 0.3) is 0 Å². The van der Waals surface area contributed by atoms with Gasteiger partial charge in [0, 0.05) is 17.3 Å². The molecule has 0 saturated heterocycles. The Labute approximate surface area is 116 Å². The molecule has 0 fully saturated rings. The zero-order valence-corrected chi connectivity index (χ0v) is 12.1. The molecule has 0 bridgehead atoms. The minimum atomic E-state index is -0.111. The molecule has 1 unspecified atom stereocenters. The smallest absolute Gasteiger partial charge is 0.270 e. The van der Waals surface area contributed by atoms with Crippen molar-refractivity contribution in [3.05, 3.63) is 21.4 Å². The van der Waals surface area contributed by atoms with Crippen LogP contribution in [0.5, 0.6) is 0 Å². The molecular formula is C12H17N3OS2. The monoisotopic (exact) mass is 283 g/mol. The second-order valence-electron chi connectivity index (χ2n) is 4.56. The summed E-state index contributed by atoms with van der Waals surface area (Å²) in [6.07, 6.45) is 3.25. The Hall–Kier alpha value is -1.14. The molecule has 0 radical (unpaired) electrons. The number of fused-ring (bicyclic) bond motifs is 1. The SMILES string of the molecule is CNC(=S)NNC(=O)c1csc2c1CCC(C)C2. The molecule has 1 atom stereocenters. The molecule has 1 aliphatic rings. The number of hydrazine groups is 1. The molecule has 1 aromatic rings. The summed E-state index contributed by atoms with van der Waals surface area (Å²) in [4.78, 5) is 13.4. The van der Waals surface area contributed by atoms with E-state index in [1.54, 1.807) is 18.4 Å². The van der Waals surface area contributed by atoms with Gasteiger partial charge in [-0.3, -0.25) is 15.6 Å². The van der Waals surface area contributed by atoms with Crippen LogP contribution < -0.4 is 16.2 Å². The van der Waals surface area contributed by atoms with E-state index in [4.69, 9.17) is 12.2 Å². The van der Waals surface area contributed by atoms with E-state index in [9.17, 15) is 4.79 Å². The summed E-state index contributed by atoms with van der Waals surface area (Å²) in [6, 6.07) is 0. The van der Waals surface area contributed by atoms with Crippen molar-refractivity contribution >= 4 is 34.6 Å². The number of rotatable bonds is 1. The van der Waals surface area contributed by atoms with Gasteiger partial charge in [0.1, 0.15) is 0 Å². The Morgan fingerprint density at radius 1 is 1.50 bits per heavy atom. The molecule has 0 spiro atoms. The molecule has 3 N–H and O–H groups in total. The first-order valence-electron chi connectivity index (χ1n) is 5.99. The molecule has 0 saturated carbocycles. The summed E-state index contributed by atoms with van der Waals surface area (Å²) in [5.41, 5.74) is 7.27. The number of amides is 1. The number of carbonyl (C=O) groups excluding carboxylic acids is 1. The van der Waals surface area contributed by atoms with Gasteiger partial charge in [-0.05, 0) is 43.0 Å². The second-order valence-corrected chi connectivity index (χ2v) is 5.93. The van der Waals surface area contributed by atoms with Gasteiger partial charge < -0.3 is 5.32 Å². The molecule has 0 aromatic carbocycles. The standard InChI is InChI=1S/C12H17N3OS2/c1-7-3-4-8-9(6-18-10(8)5-7)11(16)14-15-12(17)13-2/h6-7H,3-5H2,1-2H3,(H,14,16)(H2,13,15,17). The van der Waals surface area contributed by atoms with Crippen LogP contribution in [-0.4, -0.2) is 18.1 Å². The maximum Gasteiger partial charge on any atom is 0.270 e. The minimum Gasteiger partial charge on any atom is -0.364 e. The minimum absolute atomic E-state index is 0.111. The number of nitrogens with one attached hydrogen (secondary N) is 3. The average molecular weight is 283 g/mol. The summed E-state index contributed by atoms with van der Waals surface area (Å²) in [5, 5.41) is 5.09. The quantitative estimate of drug-likeness (QED) is 0.541. The van der Waals surface area contributed by atoms with Crippen LogP contribution in [0.15, 0.2) is 5.38 Å². The van der Waals surface area contributed by atoms with Gasteiger partial charge in [0.2, 0.25) is 0 Å². The van der Waals surface area contributed by atoms with E-state index in [1.165, 1.54) is 10.4 Å². The number of thiophene rings is 1. The number of hydrogen-bond donors (Lipinski definition) is 3. The maximum absolute atomic E-state index is 12.0. The Bertz CT molecular complexity index is 470. The third-order valence-corrected chi connectivity index (χ3v) is 4.52. The first-order chi connectivity index (χ1) is 8.61. The zero-order valence-electron chi connectivity index (χ0n) is 10.5. The Kier molecular flexibility index (Phi) is 4.19. The van der Waals surface area contributed by atoms with Gasteiger partial charge in [-0.1, -0.05) is 6.92 Å². The molecule has 1 aromatic heterocycles. The van der Waals surface area contributed by atoms with E-state index in [0.29, 0.717) is 5.11 Å². The first-order valence-corrected chi connectivity index (χ1v) is 7.28. The normalized spacial score (nSPS) is 17.8. The number of hydrogen-bond acceptors (Lipinski definition) is 3. The molecule has 1 amide bonds. The third-order valence-electron chi connectivity index (χ3n) is 3.16. The molecule has 18 heavy (non-hydrogen) atoms. The highest BCUT2D eigenvalue weighted by Gasteiger charge is 2.23. The van der Waals surface area contributed by atoms with Crippen molar-refractivity contribution in [2.24, 2.45) is 5.92 Å². The highest BCUT2D eigenvalue weighted by atomic mass is 32.1. The second kappa shape index (κ2) is 5.67. The van der Waals surface area contributed by atoms with Gasteiger partial charge >= 0.3 is 0 Å². The topological polar surface area (TPSA) is 53.2 Å². The molecule has 1 aliphatic carbocycles. The highest BCUT2D eigenvalue weighted by molar-refractivity contribution is 7.80. The lowest BCUT2D eigenvalue weighted by Crippen LogP contribution is -2.45. The van der Waals surface area contributed by atoms with Gasteiger partial charge in [0.25, 0.3) is 5.91 Å². The van der Waals surface area contributed by atoms with Crippen molar-refractivity contribution in [3.63, 3.8) is 0 Å². The van der Waals surface area contributed by atoms with E-state index in [2.05, 4.69) is 23.1 Å². The van der Waals surface area contributed by atoms with E-state index in [0.717, 1.165) is 30.7 Å². The van der Waals surface area contributed by atoms with E-state index in [1.807, 2.05) is 5.38 Å². The maximum atomic E-state index is 12.0. The van der Waals surface area contributed by atoms with Gasteiger partial charge in [-0.2, -0.15) is 0 Å². The van der Waals surface area contributed by atoms with Crippen LogP contribution in [0.1, 0.15) is 34.1 Å². The Balaban J connectivity index is 2.05. The number of carbonyl (C=O) groups is 1. The van der Waals surface area contributed by atoms with E-state index >= 15 is 0 Å². The predicted octanol–water partition coefficient (Wildman–Crippen LogP) is 1.61. The highest BCUT2D eigenvalue weighted by Crippen LogP contribution is 2.32. The zero-order chi connectivity index (χ0) is 13.1. The summed E-state index contributed by atoms with van der Waals surface area (Å²) in [6.45, 7) is 2.26. The fraction of sp³-hybridized carbons (Fsp3) is 0.500. The fourth-order valence-corrected chi connectivity index (χ4v) is 3.41. The molecule has 98 valence electrons. The van der Waals surface area contributed by atoms with Crippen molar-refractivity contribution in [1.82, 2.24) is 16.2 Å². The van der Waals surface area contributed by atoms with Crippen LogP contribution >= 0.6 is 23.6 Å². The summed E-state index contributed by atoms with van der Waals surface area (Å²) >= 11 is 6.59. The van der Waals surface area contributed by atoms with Crippen molar-refractivity contribution in [2.45, 2.75) is 26.2 Å². The van der Waals surface area contributed by atoms with Gasteiger partial charge in [-0.25, -0.2) is 0 Å². The lowest BCUT2D eigenvalue weighted by atomic mass is 9.88. The van der Waals surface area contributed by atoms with Crippen LogP contribution in [0.3, 0.4) is 0 Å². The third kappa shape index (κ3) is 2.81. The number of thiocarbonyl (C=S) groups is 1. The molecule has 6 heteroatoms. The van der Waals surface area contributed by atoms with E-state index < -0.39 is 0 Å². The van der Waals surface area contributed by atoms with Crippen LogP contribution in [0, 0.1) is 5.92 Å². The lowest BCUT2D eigenvalue weighted by molar-refractivity contribution is 0.0943. The van der Waals surface area contributed by atoms with Crippen LogP contribution in [-0.2, 0) is 12.8 Å². The Morgan fingerprint density at radius 3 is 3.00 bits per heavy atom. The van der Waals surface area contributed by atoms with Gasteiger partial charge in [0.05, 0.1) is 5.56 Å². The average Bonchev–Trinajstić information content (AvgIpc) is 2.78. The largest absolute Gasteiger partial charge is 0.364 e. The van der Waals surface area contributed by atoms with Gasteiger partial charge in [-0.15, -0.1) is 11.3 Å². The predicted molar refractivity (Wildman–Crippen MR) is 77.8 cm³/mol. The van der Waals surface area contributed by atoms with Crippen LogP contribution in [0.2, 0.25) is 0 Å². The van der Waals surface area contributed by atoms with Gasteiger partial charge in [0.15, 0.2) is 5.11 Å². The van der Waals surface area contributed by atoms with E-state index in [-0.39, 0.29) is 5.91 Å². The fourth-order valence-electron chi connectivity index (χ4n) is 2.11. The van der Waals surface area contributed by atoms with Crippen molar-refractivity contribution in [1.29, 1.82) is 0 Å². The molecule has 2 rings (SSSR count). The summed E-state index contributed by atoms with van der Waals surface area (Å²) in [5.74, 6) is 0.613.